The van der Waals surface area contributed by atoms with Gasteiger partial charge in [0.25, 0.3) is 0 Å². The van der Waals surface area contributed by atoms with Gasteiger partial charge in [-0.25, -0.2) is 13.1 Å². The highest BCUT2D eigenvalue weighted by Gasteiger charge is 2.28. The quantitative estimate of drug-likeness (QED) is 0.858. The maximum atomic E-state index is 11.9. The van der Waals surface area contributed by atoms with Crippen molar-refractivity contribution in [1.82, 2.24) is 4.72 Å². The summed E-state index contributed by atoms with van der Waals surface area (Å²) >= 11 is 9.12. The lowest BCUT2D eigenvalue weighted by atomic mass is 9.85. The first-order valence-corrected chi connectivity index (χ1v) is 8.08. The number of hydrogen-bond acceptors (Lipinski definition) is 2. The van der Waals surface area contributed by atoms with Crippen molar-refractivity contribution in [3.05, 3.63) is 28.7 Å². The highest BCUT2D eigenvalue weighted by atomic mass is 79.9. The first-order chi connectivity index (χ1) is 7.97. The first kappa shape index (κ1) is 13.3. The summed E-state index contributed by atoms with van der Waals surface area (Å²) in [7, 11) is -3.38. The minimum absolute atomic E-state index is 0.220. The average Bonchev–Trinajstić information content (AvgIpc) is 2.23. The van der Waals surface area contributed by atoms with Crippen LogP contribution in [-0.2, 0) is 10.0 Å². The van der Waals surface area contributed by atoms with Gasteiger partial charge in [-0.15, -0.1) is 11.6 Å². The molecule has 6 heteroatoms. The Labute approximate surface area is 115 Å². The smallest absolute Gasteiger partial charge is 0.211 e. The van der Waals surface area contributed by atoms with Gasteiger partial charge in [0.15, 0.2) is 0 Å². The Morgan fingerprint density at radius 1 is 1.29 bits per heavy atom. The number of hydrogen-bond donors (Lipinski definition) is 1. The fourth-order valence-electron chi connectivity index (χ4n) is 1.75. The van der Waals surface area contributed by atoms with Crippen molar-refractivity contribution in [2.24, 2.45) is 5.92 Å². The number of alkyl halides is 1. The van der Waals surface area contributed by atoms with Gasteiger partial charge in [0, 0.05) is 16.4 Å². The summed E-state index contributed by atoms with van der Waals surface area (Å²) in [6.07, 6.45) is 1.79. The lowest BCUT2D eigenvalue weighted by molar-refractivity contribution is 0.324. The first-order valence-electron chi connectivity index (χ1n) is 5.36. The van der Waals surface area contributed by atoms with E-state index in [1.54, 1.807) is 24.3 Å². The molecule has 0 amide bonds. The van der Waals surface area contributed by atoms with Crippen LogP contribution in [0.5, 0.6) is 0 Å². The van der Waals surface area contributed by atoms with Gasteiger partial charge in [-0.3, -0.25) is 0 Å². The van der Waals surface area contributed by atoms with E-state index in [9.17, 15) is 8.42 Å². The number of benzene rings is 1. The lowest BCUT2D eigenvalue weighted by Gasteiger charge is -2.30. The minimum atomic E-state index is -3.38. The maximum absolute atomic E-state index is 11.9. The van der Waals surface area contributed by atoms with Crippen LogP contribution in [0.2, 0.25) is 0 Å². The summed E-state index contributed by atoms with van der Waals surface area (Å²) in [5.74, 6) is 0.378. The molecule has 94 valence electrons. The highest BCUT2D eigenvalue weighted by molar-refractivity contribution is 9.10. The second-order valence-electron chi connectivity index (χ2n) is 4.24. The van der Waals surface area contributed by atoms with Gasteiger partial charge in [0.1, 0.15) is 0 Å². The van der Waals surface area contributed by atoms with Gasteiger partial charge in [0.2, 0.25) is 10.0 Å². The molecule has 2 rings (SSSR count). The van der Waals surface area contributed by atoms with E-state index in [4.69, 9.17) is 11.6 Å². The van der Waals surface area contributed by atoms with E-state index in [-0.39, 0.29) is 5.38 Å². The van der Waals surface area contributed by atoms with Crippen LogP contribution in [0.4, 0.5) is 0 Å². The van der Waals surface area contributed by atoms with E-state index in [1.165, 1.54) is 0 Å². The molecule has 0 saturated heterocycles. The molecule has 0 atom stereocenters. The van der Waals surface area contributed by atoms with E-state index >= 15 is 0 Å². The zero-order valence-electron chi connectivity index (χ0n) is 9.07. The van der Waals surface area contributed by atoms with E-state index in [1.807, 2.05) is 0 Å². The van der Waals surface area contributed by atoms with Crippen LogP contribution in [0.3, 0.4) is 0 Å². The molecule has 1 N–H and O–H groups in total. The van der Waals surface area contributed by atoms with E-state index in [2.05, 4.69) is 20.7 Å². The zero-order valence-corrected chi connectivity index (χ0v) is 12.2. The van der Waals surface area contributed by atoms with Gasteiger partial charge in [0.05, 0.1) is 4.90 Å². The zero-order chi connectivity index (χ0) is 12.5. The van der Waals surface area contributed by atoms with Crippen LogP contribution >= 0.6 is 27.5 Å². The fraction of sp³-hybridized carbons (Fsp3) is 0.455. The SMILES string of the molecule is O=S(=O)(NCC1CC(Cl)C1)c1ccc(Br)cc1. The Hall–Kier alpha value is -0.100. The molecule has 0 spiro atoms. The second-order valence-corrected chi connectivity index (χ2v) is 7.54. The topological polar surface area (TPSA) is 46.2 Å². The Morgan fingerprint density at radius 3 is 2.41 bits per heavy atom. The molecule has 0 bridgehead atoms. The molecule has 1 aliphatic rings. The van der Waals surface area contributed by atoms with Crippen LogP contribution in [0.1, 0.15) is 12.8 Å². The van der Waals surface area contributed by atoms with Crippen LogP contribution in [-0.4, -0.2) is 20.3 Å². The third kappa shape index (κ3) is 3.44. The van der Waals surface area contributed by atoms with Crippen molar-refractivity contribution in [3.63, 3.8) is 0 Å². The van der Waals surface area contributed by atoms with Crippen molar-refractivity contribution < 1.29 is 8.42 Å². The molecular formula is C11H13BrClNO2S. The highest BCUT2D eigenvalue weighted by Crippen LogP contribution is 2.31. The number of nitrogens with one attached hydrogen (secondary N) is 1. The second kappa shape index (κ2) is 5.26. The third-order valence-corrected chi connectivity index (χ3v) is 5.19. The molecular weight excluding hydrogens is 326 g/mol. The summed E-state index contributed by atoms with van der Waals surface area (Å²) in [5.41, 5.74) is 0. The summed E-state index contributed by atoms with van der Waals surface area (Å²) in [4.78, 5) is 0.294. The summed E-state index contributed by atoms with van der Waals surface area (Å²) in [6.45, 7) is 0.474. The van der Waals surface area contributed by atoms with Crippen LogP contribution in [0.25, 0.3) is 0 Å². The van der Waals surface area contributed by atoms with E-state index < -0.39 is 10.0 Å². The Bertz CT molecular complexity index is 483. The maximum Gasteiger partial charge on any atom is 0.240 e. The molecule has 1 fully saturated rings. The molecule has 1 aliphatic carbocycles. The molecule has 3 nitrogen and oxygen atoms in total. The summed E-state index contributed by atoms with van der Waals surface area (Å²) < 4.78 is 27.3. The molecule has 0 aliphatic heterocycles. The third-order valence-electron chi connectivity index (χ3n) is 2.86. The summed E-state index contributed by atoms with van der Waals surface area (Å²) in [5, 5.41) is 0.220. The normalized spacial score (nSPS) is 24.4. The van der Waals surface area contributed by atoms with Crippen molar-refractivity contribution in [2.45, 2.75) is 23.1 Å². The molecule has 1 aromatic rings. The van der Waals surface area contributed by atoms with Crippen LogP contribution in [0.15, 0.2) is 33.6 Å². The predicted molar refractivity (Wildman–Crippen MR) is 71.7 cm³/mol. The molecule has 0 heterocycles. The van der Waals surface area contributed by atoms with Gasteiger partial charge < -0.3 is 0 Å². The Balaban J connectivity index is 1.96. The predicted octanol–water partition coefficient (Wildman–Crippen LogP) is 2.74. The number of halogens is 2. The minimum Gasteiger partial charge on any atom is -0.211 e. The molecule has 1 saturated carbocycles. The van der Waals surface area contributed by atoms with Crippen LogP contribution < -0.4 is 4.72 Å². The average molecular weight is 339 g/mol. The number of rotatable bonds is 4. The largest absolute Gasteiger partial charge is 0.240 e. The van der Waals surface area contributed by atoms with Gasteiger partial charge >= 0.3 is 0 Å². The van der Waals surface area contributed by atoms with E-state index in [0.717, 1.165) is 17.3 Å². The number of sulfonamides is 1. The fourth-order valence-corrected chi connectivity index (χ4v) is 3.63. The molecule has 0 aromatic heterocycles. The Kier molecular flexibility index (Phi) is 4.13. The van der Waals surface area contributed by atoms with Gasteiger partial charge in [-0.1, -0.05) is 15.9 Å². The molecule has 17 heavy (non-hydrogen) atoms. The van der Waals surface area contributed by atoms with Crippen molar-refractivity contribution in [1.29, 1.82) is 0 Å². The lowest BCUT2D eigenvalue weighted by Crippen LogP contribution is -2.36. The molecule has 0 unspecified atom stereocenters. The van der Waals surface area contributed by atoms with Gasteiger partial charge in [-0.2, -0.15) is 0 Å². The molecule has 1 aromatic carbocycles. The standard InChI is InChI=1S/C11H13BrClNO2S/c12-9-1-3-11(4-2-9)17(15,16)14-7-8-5-10(13)6-8/h1-4,8,10,14H,5-7H2. The van der Waals surface area contributed by atoms with Gasteiger partial charge in [-0.05, 0) is 43.0 Å². The molecule has 0 radical (unpaired) electrons. The van der Waals surface area contributed by atoms with Crippen LogP contribution in [0, 0.1) is 5.92 Å². The Morgan fingerprint density at radius 2 is 1.88 bits per heavy atom. The van der Waals surface area contributed by atoms with Crippen molar-refractivity contribution >= 4 is 37.6 Å². The monoisotopic (exact) mass is 337 g/mol. The van der Waals surface area contributed by atoms with E-state index in [0.29, 0.717) is 17.4 Å². The van der Waals surface area contributed by atoms with Crippen molar-refractivity contribution in [3.8, 4) is 0 Å². The summed E-state index contributed by atoms with van der Waals surface area (Å²) in [6, 6.07) is 6.59. The van der Waals surface area contributed by atoms with Crippen molar-refractivity contribution in [2.75, 3.05) is 6.54 Å².